The Morgan fingerprint density at radius 3 is 2.14 bits per heavy atom. The van der Waals surface area contributed by atoms with E-state index < -0.39 is 0 Å². The molecule has 0 amide bonds. The smallest absolute Gasteiger partial charge is 0.149 e. The molecule has 0 aliphatic carbocycles. The minimum Gasteiger partial charge on any atom is -0.372 e. The molecule has 0 spiro atoms. The van der Waals surface area contributed by atoms with Crippen LogP contribution in [0.5, 0.6) is 0 Å². The summed E-state index contributed by atoms with van der Waals surface area (Å²) in [5.41, 5.74) is 6.07. The van der Waals surface area contributed by atoms with Crippen molar-refractivity contribution in [1.29, 1.82) is 0 Å². The molecule has 4 rings (SSSR count). The summed E-state index contributed by atoms with van der Waals surface area (Å²) in [5, 5.41) is 7.12. The maximum absolute atomic E-state index is 5.03. The van der Waals surface area contributed by atoms with Gasteiger partial charge >= 0.3 is 0 Å². The van der Waals surface area contributed by atoms with Crippen LogP contribution >= 0.6 is 0 Å². The fourth-order valence-corrected chi connectivity index (χ4v) is 4.78. The van der Waals surface area contributed by atoms with E-state index in [-0.39, 0.29) is 6.04 Å². The van der Waals surface area contributed by atoms with Gasteiger partial charge in [-0.05, 0) is 69.7 Å². The Hall–Kier alpha value is -3.60. The molecule has 0 bridgehead atoms. The molecule has 3 aromatic rings. The van der Waals surface area contributed by atoms with Gasteiger partial charge in [-0.3, -0.25) is 0 Å². The number of para-hydroxylation sites is 1. The number of hydrogen-bond donors (Lipinski definition) is 0. The van der Waals surface area contributed by atoms with Crippen LogP contribution in [-0.4, -0.2) is 36.9 Å². The molecular weight excluding hydrogens is 430 g/mol. The van der Waals surface area contributed by atoms with Crippen molar-refractivity contribution in [3.05, 3.63) is 90.1 Å². The van der Waals surface area contributed by atoms with Crippen LogP contribution in [0.4, 0.5) is 17.2 Å². The van der Waals surface area contributed by atoms with Crippen molar-refractivity contribution < 1.29 is 0 Å². The van der Waals surface area contributed by atoms with E-state index in [0.29, 0.717) is 0 Å². The Labute approximate surface area is 210 Å². The lowest BCUT2D eigenvalue weighted by atomic mass is 9.98. The maximum Gasteiger partial charge on any atom is 0.149 e. The number of aromatic nitrogens is 1. The summed E-state index contributed by atoms with van der Waals surface area (Å²) in [7, 11) is 0. The van der Waals surface area contributed by atoms with Gasteiger partial charge < -0.3 is 9.80 Å². The Balaban J connectivity index is 1.62. The van der Waals surface area contributed by atoms with Gasteiger partial charge in [-0.15, -0.1) is 0 Å². The molecule has 1 unspecified atom stereocenters. The summed E-state index contributed by atoms with van der Waals surface area (Å²) < 4.78 is 0. The first-order chi connectivity index (χ1) is 17.2. The van der Waals surface area contributed by atoms with Crippen molar-refractivity contribution in [1.82, 2.24) is 4.98 Å². The van der Waals surface area contributed by atoms with E-state index in [1.807, 2.05) is 24.4 Å². The average Bonchev–Trinajstić information content (AvgIpc) is 3.35. The van der Waals surface area contributed by atoms with Crippen molar-refractivity contribution in [3.8, 4) is 0 Å². The summed E-state index contributed by atoms with van der Waals surface area (Å²) in [6.45, 7) is 12.8. The molecule has 35 heavy (non-hydrogen) atoms. The summed E-state index contributed by atoms with van der Waals surface area (Å²) in [5.74, 6) is 0.874. The third kappa shape index (κ3) is 5.56. The number of anilines is 3. The Morgan fingerprint density at radius 2 is 1.49 bits per heavy atom. The van der Waals surface area contributed by atoms with E-state index in [1.165, 1.54) is 22.5 Å². The minimum atomic E-state index is 0.103. The molecule has 182 valence electrons. The number of hydrazone groups is 1. The van der Waals surface area contributed by atoms with Gasteiger partial charge in [0.15, 0.2) is 0 Å². The summed E-state index contributed by atoms with van der Waals surface area (Å²) >= 11 is 0. The predicted molar refractivity (Wildman–Crippen MR) is 151 cm³/mol. The van der Waals surface area contributed by atoms with E-state index in [0.717, 1.165) is 44.1 Å². The molecule has 1 aliphatic heterocycles. The molecule has 1 atom stereocenters. The average molecular weight is 468 g/mol. The third-order valence-corrected chi connectivity index (χ3v) is 6.71. The van der Waals surface area contributed by atoms with Gasteiger partial charge in [0, 0.05) is 55.7 Å². The second-order valence-corrected chi connectivity index (χ2v) is 8.67. The molecule has 0 fully saturated rings. The van der Waals surface area contributed by atoms with Gasteiger partial charge in [-0.2, -0.15) is 5.10 Å². The number of rotatable bonds is 10. The highest BCUT2D eigenvalue weighted by Crippen LogP contribution is 2.39. The summed E-state index contributed by atoms with van der Waals surface area (Å²) in [6.07, 6.45) is 6.99. The standard InChI is InChI=1S/C30H37N5/c1-5-33(6-2)26-20-17-24(18-21-26)16-19-25-23-29(35(32-25)30-15-11-12-22-31-30)27-13-9-10-14-28(27)34(7-3)8-4/h9-22,29H,5-8,23H2,1-4H3. The van der Waals surface area contributed by atoms with Crippen molar-refractivity contribution in [2.75, 3.05) is 41.0 Å². The lowest BCUT2D eigenvalue weighted by Gasteiger charge is -2.29. The minimum absolute atomic E-state index is 0.103. The Kier molecular flexibility index (Phi) is 8.19. The number of allylic oxidation sites excluding steroid dienone is 1. The number of pyridine rings is 1. The van der Waals surface area contributed by atoms with Gasteiger partial charge in [-0.1, -0.05) is 42.5 Å². The first kappa shape index (κ1) is 24.5. The molecule has 2 aromatic carbocycles. The highest BCUT2D eigenvalue weighted by atomic mass is 15.5. The van der Waals surface area contributed by atoms with E-state index in [1.54, 1.807) is 0 Å². The van der Waals surface area contributed by atoms with E-state index in [9.17, 15) is 0 Å². The SMILES string of the molecule is CCN(CC)c1ccc(C=CC2=NN(c3ccccn3)C(c3ccccc3N(CC)CC)C2)cc1. The zero-order valence-electron chi connectivity index (χ0n) is 21.4. The van der Waals surface area contributed by atoms with Gasteiger partial charge in [0.25, 0.3) is 0 Å². The van der Waals surface area contributed by atoms with E-state index >= 15 is 0 Å². The van der Waals surface area contributed by atoms with E-state index in [4.69, 9.17) is 5.10 Å². The fourth-order valence-electron chi connectivity index (χ4n) is 4.78. The van der Waals surface area contributed by atoms with Gasteiger partial charge in [0.05, 0.1) is 11.8 Å². The molecule has 0 saturated heterocycles. The summed E-state index contributed by atoms with van der Waals surface area (Å²) in [4.78, 5) is 9.40. The largest absolute Gasteiger partial charge is 0.372 e. The normalized spacial score (nSPS) is 15.5. The zero-order valence-corrected chi connectivity index (χ0v) is 21.4. The van der Waals surface area contributed by atoms with Crippen LogP contribution in [-0.2, 0) is 0 Å². The lowest BCUT2D eigenvalue weighted by Crippen LogP contribution is -2.26. The second-order valence-electron chi connectivity index (χ2n) is 8.67. The summed E-state index contributed by atoms with van der Waals surface area (Å²) in [6, 6.07) is 23.6. The fraction of sp³-hybridized carbons (Fsp3) is 0.333. The lowest BCUT2D eigenvalue weighted by molar-refractivity contribution is 0.693. The molecule has 5 heteroatoms. The molecule has 0 N–H and O–H groups in total. The van der Waals surface area contributed by atoms with Gasteiger partial charge in [0.1, 0.15) is 5.82 Å². The highest BCUT2D eigenvalue weighted by Gasteiger charge is 2.31. The first-order valence-corrected chi connectivity index (χ1v) is 12.8. The first-order valence-electron chi connectivity index (χ1n) is 12.8. The monoisotopic (exact) mass is 467 g/mol. The Morgan fingerprint density at radius 1 is 0.800 bits per heavy atom. The highest BCUT2D eigenvalue weighted by molar-refractivity contribution is 6.01. The van der Waals surface area contributed by atoms with Crippen molar-refractivity contribution in [2.24, 2.45) is 5.10 Å². The molecule has 1 aromatic heterocycles. The van der Waals surface area contributed by atoms with Crippen LogP contribution in [0.1, 0.15) is 51.3 Å². The second kappa shape index (κ2) is 11.7. The molecule has 1 aliphatic rings. The van der Waals surface area contributed by atoms with Crippen LogP contribution in [0, 0.1) is 0 Å². The molecule has 0 saturated carbocycles. The van der Waals surface area contributed by atoms with Crippen LogP contribution in [0.2, 0.25) is 0 Å². The molecule has 2 heterocycles. The number of hydrogen-bond acceptors (Lipinski definition) is 5. The van der Waals surface area contributed by atoms with Crippen LogP contribution in [0.15, 0.2) is 84.1 Å². The van der Waals surface area contributed by atoms with Gasteiger partial charge in [0.2, 0.25) is 0 Å². The molecular formula is C30H37N5. The maximum atomic E-state index is 5.03. The predicted octanol–water partition coefficient (Wildman–Crippen LogP) is 6.79. The topological polar surface area (TPSA) is 35.0 Å². The number of nitrogens with zero attached hydrogens (tertiary/aromatic N) is 5. The Bertz CT molecular complexity index is 1130. The molecule has 5 nitrogen and oxygen atoms in total. The number of benzene rings is 2. The van der Waals surface area contributed by atoms with Crippen molar-refractivity contribution in [2.45, 2.75) is 40.2 Å². The van der Waals surface area contributed by atoms with Crippen LogP contribution in [0.25, 0.3) is 6.08 Å². The zero-order chi connectivity index (χ0) is 24.6. The van der Waals surface area contributed by atoms with Crippen molar-refractivity contribution >= 4 is 29.0 Å². The quantitative estimate of drug-likeness (QED) is 0.329. The van der Waals surface area contributed by atoms with Gasteiger partial charge in [-0.25, -0.2) is 9.99 Å². The van der Waals surface area contributed by atoms with E-state index in [2.05, 4.69) is 108 Å². The third-order valence-electron chi connectivity index (χ3n) is 6.71. The molecule has 0 radical (unpaired) electrons. The van der Waals surface area contributed by atoms with Crippen LogP contribution < -0.4 is 14.8 Å². The van der Waals surface area contributed by atoms with Crippen molar-refractivity contribution in [3.63, 3.8) is 0 Å². The van der Waals surface area contributed by atoms with Crippen LogP contribution in [0.3, 0.4) is 0 Å².